The molecule has 1 saturated carbocycles. The van der Waals surface area contributed by atoms with Crippen LogP contribution in [-0.2, 0) is 6.54 Å². The fourth-order valence-electron chi connectivity index (χ4n) is 2.00. The van der Waals surface area contributed by atoms with E-state index in [1.54, 1.807) is 4.90 Å². The average Bonchev–Trinajstić information content (AvgIpc) is 3.00. The van der Waals surface area contributed by atoms with Crippen molar-refractivity contribution >= 4 is 11.9 Å². The summed E-state index contributed by atoms with van der Waals surface area (Å²) in [6.45, 7) is 2.32. The van der Waals surface area contributed by atoms with E-state index < -0.39 is 0 Å². The number of nitrogens with two attached hydrogens (primary N) is 1. The lowest BCUT2D eigenvalue weighted by atomic mass is 10.3. The maximum Gasteiger partial charge on any atom is 0.291 e. The number of nitrogen functional groups attached to an aromatic ring is 1. The van der Waals surface area contributed by atoms with E-state index in [0.29, 0.717) is 6.54 Å². The predicted octanol–water partition coefficient (Wildman–Crippen LogP) is 1.09. The fourth-order valence-corrected chi connectivity index (χ4v) is 2.00. The van der Waals surface area contributed by atoms with Gasteiger partial charge in [-0.25, -0.2) is 0 Å². The molecular weight excluding hydrogens is 246 g/mol. The first-order chi connectivity index (χ1) is 9.13. The number of nitrogens with zero attached hydrogens (tertiary/aromatic N) is 3. The second-order valence-electron chi connectivity index (χ2n) is 4.72. The quantitative estimate of drug-likeness (QED) is 0.858. The topological polar surface area (TPSA) is 101 Å². The predicted molar refractivity (Wildman–Crippen MR) is 67.1 cm³/mol. The van der Waals surface area contributed by atoms with Crippen LogP contribution in [0.25, 0.3) is 0 Å². The van der Waals surface area contributed by atoms with Gasteiger partial charge in [-0.05, 0) is 31.9 Å². The van der Waals surface area contributed by atoms with Crippen molar-refractivity contribution in [1.29, 1.82) is 0 Å². The Balaban J connectivity index is 1.79. The van der Waals surface area contributed by atoms with Crippen LogP contribution < -0.4 is 5.73 Å². The van der Waals surface area contributed by atoms with Gasteiger partial charge < -0.3 is 15.1 Å². The first-order valence-electron chi connectivity index (χ1n) is 6.17. The summed E-state index contributed by atoms with van der Waals surface area (Å²) in [6, 6.07) is 4.02. The number of H-pyrrole nitrogens is 1. The monoisotopic (exact) mass is 261 g/mol. The lowest BCUT2D eigenvalue weighted by Crippen LogP contribution is -2.33. The van der Waals surface area contributed by atoms with Crippen LogP contribution in [0.1, 0.15) is 35.0 Å². The molecule has 0 saturated heterocycles. The summed E-state index contributed by atoms with van der Waals surface area (Å²) in [5.74, 6) is 1.66. The molecule has 1 aliphatic carbocycles. The van der Waals surface area contributed by atoms with Crippen molar-refractivity contribution < 1.29 is 9.21 Å². The molecule has 0 spiro atoms. The molecule has 100 valence electrons. The lowest BCUT2D eigenvalue weighted by molar-refractivity contribution is 0.0705. The van der Waals surface area contributed by atoms with Gasteiger partial charge >= 0.3 is 0 Å². The summed E-state index contributed by atoms with van der Waals surface area (Å²) >= 11 is 0. The largest absolute Gasteiger partial charge is 0.464 e. The summed E-state index contributed by atoms with van der Waals surface area (Å²) in [7, 11) is 0. The molecule has 7 heteroatoms. The molecule has 2 aromatic heterocycles. The fraction of sp³-hybridized carbons (Fsp3) is 0.417. The van der Waals surface area contributed by atoms with Gasteiger partial charge in [0.1, 0.15) is 11.5 Å². The Hall–Kier alpha value is -2.31. The van der Waals surface area contributed by atoms with Crippen LogP contribution in [-0.4, -0.2) is 32.0 Å². The van der Waals surface area contributed by atoms with Crippen LogP contribution >= 0.6 is 0 Å². The summed E-state index contributed by atoms with van der Waals surface area (Å²) < 4.78 is 5.52. The SMILES string of the molecule is Cc1ccc(CN(C(=O)c2nc(N)n[nH]2)C2CC2)o1. The first-order valence-corrected chi connectivity index (χ1v) is 6.17. The number of carbonyl (C=O) groups excluding carboxylic acids is 1. The van der Waals surface area contributed by atoms with Crippen LogP contribution in [0.4, 0.5) is 5.95 Å². The Labute approximate surface area is 109 Å². The molecular formula is C12H15N5O2. The molecule has 7 nitrogen and oxygen atoms in total. The highest BCUT2D eigenvalue weighted by molar-refractivity contribution is 5.91. The summed E-state index contributed by atoms with van der Waals surface area (Å²) in [5, 5.41) is 6.23. The Morgan fingerprint density at radius 2 is 2.37 bits per heavy atom. The molecule has 19 heavy (non-hydrogen) atoms. The van der Waals surface area contributed by atoms with Crippen molar-refractivity contribution in [2.75, 3.05) is 5.73 Å². The minimum atomic E-state index is -0.194. The summed E-state index contributed by atoms with van der Waals surface area (Å²) in [5.41, 5.74) is 5.42. The van der Waals surface area contributed by atoms with Crippen LogP contribution in [0.2, 0.25) is 0 Å². The highest BCUT2D eigenvalue weighted by Crippen LogP contribution is 2.29. The van der Waals surface area contributed by atoms with Crippen LogP contribution in [0.3, 0.4) is 0 Å². The number of aromatic nitrogens is 3. The van der Waals surface area contributed by atoms with Gasteiger partial charge in [-0.2, -0.15) is 4.98 Å². The van der Waals surface area contributed by atoms with Gasteiger partial charge in [0.05, 0.1) is 6.54 Å². The molecule has 2 heterocycles. The third-order valence-electron chi connectivity index (χ3n) is 3.08. The van der Waals surface area contributed by atoms with Gasteiger partial charge in [0.15, 0.2) is 0 Å². The Morgan fingerprint density at radius 3 is 2.89 bits per heavy atom. The molecule has 3 rings (SSSR count). The number of anilines is 1. The van der Waals surface area contributed by atoms with E-state index in [0.717, 1.165) is 24.4 Å². The maximum atomic E-state index is 12.3. The van der Waals surface area contributed by atoms with Gasteiger partial charge in [-0.15, -0.1) is 5.10 Å². The molecule has 3 N–H and O–H groups in total. The molecule has 1 fully saturated rings. The minimum Gasteiger partial charge on any atom is -0.464 e. The van der Waals surface area contributed by atoms with E-state index in [2.05, 4.69) is 15.2 Å². The normalized spacial score (nSPS) is 14.6. The standard InChI is InChI=1S/C12H15N5O2/c1-7-2-5-9(19-7)6-17(8-3-4-8)11(18)10-14-12(13)16-15-10/h2,5,8H,3-4,6H2,1H3,(H3,13,14,15,16). The number of carbonyl (C=O) groups is 1. The van der Waals surface area contributed by atoms with E-state index in [4.69, 9.17) is 10.2 Å². The zero-order valence-electron chi connectivity index (χ0n) is 10.6. The Morgan fingerprint density at radius 1 is 1.58 bits per heavy atom. The highest BCUT2D eigenvalue weighted by atomic mass is 16.3. The van der Waals surface area contributed by atoms with Crippen molar-refractivity contribution in [3.63, 3.8) is 0 Å². The van der Waals surface area contributed by atoms with E-state index in [9.17, 15) is 4.79 Å². The minimum absolute atomic E-state index is 0.0768. The van der Waals surface area contributed by atoms with Crippen LogP contribution in [0, 0.1) is 6.92 Å². The zero-order chi connectivity index (χ0) is 13.4. The van der Waals surface area contributed by atoms with E-state index in [1.807, 2.05) is 19.1 Å². The smallest absolute Gasteiger partial charge is 0.291 e. The number of aromatic amines is 1. The van der Waals surface area contributed by atoms with Crippen LogP contribution in [0.5, 0.6) is 0 Å². The van der Waals surface area contributed by atoms with Gasteiger partial charge in [0.25, 0.3) is 5.91 Å². The first kappa shape index (κ1) is 11.8. The second-order valence-corrected chi connectivity index (χ2v) is 4.72. The molecule has 0 atom stereocenters. The molecule has 2 aromatic rings. The average molecular weight is 261 g/mol. The van der Waals surface area contributed by atoms with Crippen LogP contribution in [0.15, 0.2) is 16.5 Å². The van der Waals surface area contributed by atoms with E-state index in [-0.39, 0.29) is 23.7 Å². The second kappa shape index (κ2) is 4.42. The molecule has 0 aliphatic heterocycles. The van der Waals surface area contributed by atoms with Gasteiger partial charge in [0.2, 0.25) is 11.8 Å². The highest BCUT2D eigenvalue weighted by Gasteiger charge is 2.34. The summed E-state index contributed by atoms with van der Waals surface area (Å²) in [4.78, 5) is 18.0. The lowest BCUT2D eigenvalue weighted by Gasteiger charge is -2.19. The van der Waals surface area contributed by atoms with Gasteiger partial charge in [-0.3, -0.25) is 9.89 Å². The van der Waals surface area contributed by atoms with Crippen molar-refractivity contribution in [3.8, 4) is 0 Å². The van der Waals surface area contributed by atoms with Gasteiger partial charge in [-0.1, -0.05) is 0 Å². The molecule has 0 bridgehead atoms. The molecule has 1 amide bonds. The molecule has 0 radical (unpaired) electrons. The maximum absolute atomic E-state index is 12.3. The van der Waals surface area contributed by atoms with Crippen molar-refractivity contribution in [3.05, 3.63) is 29.5 Å². The number of amides is 1. The van der Waals surface area contributed by atoms with Gasteiger partial charge in [0, 0.05) is 6.04 Å². The summed E-state index contributed by atoms with van der Waals surface area (Å²) in [6.07, 6.45) is 2.02. The number of nitrogens with one attached hydrogen (secondary N) is 1. The van der Waals surface area contributed by atoms with Crippen molar-refractivity contribution in [1.82, 2.24) is 20.1 Å². The molecule has 0 unspecified atom stereocenters. The Bertz CT molecular complexity index is 599. The third-order valence-corrected chi connectivity index (χ3v) is 3.08. The van der Waals surface area contributed by atoms with E-state index >= 15 is 0 Å². The third kappa shape index (κ3) is 2.44. The number of hydrogen-bond acceptors (Lipinski definition) is 5. The Kier molecular flexibility index (Phi) is 2.73. The number of rotatable bonds is 4. The number of aryl methyl sites for hydroxylation is 1. The van der Waals surface area contributed by atoms with Crippen molar-refractivity contribution in [2.24, 2.45) is 0 Å². The number of furan rings is 1. The van der Waals surface area contributed by atoms with Crippen molar-refractivity contribution in [2.45, 2.75) is 32.4 Å². The molecule has 0 aromatic carbocycles. The zero-order valence-corrected chi connectivity index (χ0v) is 10.6. The van der Waals surface area contributed by atoms with E-state index in [1.165, 1.54) is 0 Å². The number of hydrogen-bond donors (Lipinski definition) is 2. The molecule has 1 aliphatic rings.